The van der Waals surface area contributed by atoms with Crippen molar-refractivity contribution in [1.29, 1.82) is 0 Å². The molecule has 27 heavy (non-hydrogen) atoms. The molecule has 0 radical (unpaired) electrons. The molecule has 5 nitrogen and oxygen atoms in total. The Morgan fingerprint density at radius 3 is 2.70 bits per heavy atom. The lowest BCUT2D eigenvalue weighted by Gasteiger charge is -2.17. The summed E-state index contributed by atoms with van der Waals surface area (Å²) in [5.41, 5.74) is 3.18. The van der Waals surface area contributed by atoms with Crippen LogP contribution in [0.3, 0.4) is 0 Å². The van der Waals surface area contributed by atoms with Gasteiger partial charge < -0.3 is 4.90 Å². The molecule has 7 heteroatoms. The number of hydrogen-bond donors (Lipinski definition) is 0. The number of fused-ring (bicyclic) bond motifs is 2. The fourth-order valence-corrected chi connectivity index (χ4v) is 4.34. The van der Waals surface area contributed by atoms with E-state index in [0.29, 0.717) is 16.8 Å². The minimum atomic E-state index is 0.678. The van der Waals surface area contributed by atoms with Crippen molar-refractivity contribution in [2.75, 3.05) is 23.0 Å². The first-order chi connectivity index (χ1) is 13.3. The Hall–Kier alpha value is -2.38. The van der Waals surface area contributed by atoms with Crippen LogP contribution in [0.1, 0.15) is 5.56 Å². The van der Waals surface area contributed by atoms with Crippen LogP contribution in [0.5, 0.6) is 0 Å². The second kappa shape index (κ2) is 8.10. The van der Waals surface area contributed by atoms with E-state index in [-0.39, 0.29) is 0 Å². The van der Waals surface area contributed by atoms with Crippen molar-refractivity contribution in [3.8, 4) is 0 Å². The van der Waals surface area contributed by atoms with E-state index in [1.807, 2.05) is 18.3 Å². The summed E-state index contributed by atoms with van der Waals surface area (Å²) in [5.74, 6) is 2.22. The summed E-state index contributed by atoms with van der Waals surface area (Å²) in [6.07, 6.45) is 6.56. The van der Waals surface area contributed by atoms with Gasteiger partial charge in [0.2, 0.25) is 5.95 Å². The lowest BCUT2D eigenvalue weighted by molar-refractivity contribution is 0.900. The van der Waals surface area contributed by atoms with Crippen molar-refractivity contribution in [1.82, 2.24) is 19.9 Å². The van der Waals surface area contributed by atoms with Crippen LogP contribution in [0.4, 0.5) is 11.6 Å². The Morgan fingerprint density at radius 1 is 1.04 bits per heavy atom. The molecule has 0 spiro atoms. The third kappa shape index (κ3) is 3.70. The molecule has 0 atom stereocenters. The lowest BCUT2D eigenvalue weighted by atomic mass is 10.2. The van der Waals surface area contributed by atoms with Crippen LogP contribution in [-0.2, 0) is 6.42 Å². The number of hydrogen-bond acceptors (Lipinski definition) is 7. The van der Waals surface area contributed by atoms with Crippen molar-refractivity contribution >= 4 is 46.2 Å². The van der Waals surface area contributed by atoms with Gasteiger partial charge in [-0.05, 0) is 18.1 Å². The molecule has 0 unspecified atom stereocenters. The average molecular weight is 394 g/mol. The molecule has 1 aliphatic rings. The number of benzene rings is 1. The number of anilines is 2. The molecule has 4 rings (SSSR count). The summed E-state index contributed by atoms with van der Waals surface area (Å²) in [6, 6.07) is 8.40. The van der Waals surface area contributed by atoms with Crippen LogP contribution < -0.4 is 4.90 Å². The van der Waals surface area contributed by atoms with Gasteiger partial charge in [-0.2, -0.15) is 4.98 Å². The van der Waals surface area contributed by atoms with Crippen LogP contribution in [-0.4, -0.2) is 38.0 Å². The summed E-state index contributed by atoms with van der Waals surface area (Å²) >= 11 is 3.18. The molecule has 0 fully saturated rings. The standard InChI is InChI=1S/C20H19N5S2/c1-3-11-26-18-15-13-21-19(22-17(15)23-20(24-18)27-12-4-2)25-10-9-14-7-5-6-8-16(14)25/h3-8,13H,1-2,9-12H2. The highest BCUT2D eigenvalue weighted by Gasteiger charge is 2.22. The Morgan fingerprint density at radius 2 is 1.85 bits per heavy atom. The zero-order chi connectivity index (χ0) is 18.6. The first-order valence-electron chi connectivity index (χ1n) is 8.68. The smallest absolute Gasteiger partial charge is 0.231 e. The molecule has 2 aromatic heterocycles. The Kier molecular flexibility index (Phi) is 5.40. The summed E-state index contributed by atoms with van der Waals surface area (Å²) in [7, 11) is 0. The molecule has 1 aliphatic heterocycles. The van der Waals surface area contributed by atoms with Gasteiger partial charge in [0.15, 0.2) is 10.8 Å². The predicted molar refractivity (Wildman–Crippen MR) is 114 cm³/mol. The van der Waals surface area contributed by atoms with Gasteiger partial charge in [-0.15, -0.1) is 24.9 Å². The molecule has 0 saturated carbocycles. The molecule has 0 aliphatic carbocycles. The fraction of sp³-hybridized carbons (Fsp3) is 0.200. The normalized spacial score (nSPS) is 13.0. The summed E-state index contributed by atoms with van der Waals surface area (Å²) in [6.45, 7) is 8.45. The number of nitrogens with zero attached hydrogens (tertiary/aromatic N) is 5. The Bertz CT molecular complexity index is 1000. The number of aromatic nitrogens is 4. The van der Waals surface area contributed by atoms with E-state index in [1.54, 1.807) is 23.5 Å². The lowest BCUT2D eigenvalue weighted by Crippen LogP contribution is -2.16. The second-order valence-corrected chi connectivity index (χ2v) is 7.94. The van der Waals surface area contributed by atoms with Gasteiger partial charge >= 0.3 is 0 Å². The van der Waals surface area contributed by atoms with Gasteiger partial charge in [0.25, 0.3) is 0 Å². The number of rotatable bonds is 7. The monoisotopic (exact) mass is 393 g/mol. The van der Waals surface area contributed by atoms with E-state index < -0.39 is 0 Å². The zero-order valence-corrected chi connectivity index (χ0v) is 16.5. The van der Waals surface area contributed by atoms with Crippen LogP contribution in [0.2, 0.25) is 0 Å². The Balaban J connectivity index is 1.76. The van der Waals surface area contributed by atoms with Gasteiger partial charge in [-0.3, -0.25) is 0 Å². The third-order valence-electron chi connectivity index (χ3n) is 4.18. The van der Waals surface area contributed by atoms with Gasteiger partial charge in [-0.25, -0.2) is 15.0 Å². The number of thioether (sulfide) groups is 2. The van der Waals surface area contributed by atoms with E-state index in [9.17, 15) is 0 Å². The van der Waals surface area contributed by atoms with Crippen LogP contribution in [0.25, 0.3) is 11.0 Å². The van der Waals surface area contributed by atoms with Gasteiger partial charge in [-0.1, -0.05) is 42.1 Å². The van der Waals surface area contributed by atoms with Crippen molar-refractivity contribution in [3.05, 3.63) is 61.3 Å². The minimum absolute atomic E-state index is 0.678. The highest BCUT2D eigenvalue weighted by Crippen LogP contribution is 2.34. The van der Waals surface area contributed by atoms with Crippen LogP contribution in [0.15, 0.2) is 66.0 Å². The molecule has 0 saturated heterocycles. The molecule has 3 aromatic rings. The van der Waals surface area contributed by atoms with E-state index >= 15 is 0 Å². The maximum Gasteiger partial charge on any atom is 0.231 e. The first kappa shape index (κ1) is 18.0. The van der Waals surface area contributed by atoms with Gasteiger partial charge in [0.05, 0.1) is 5.39 Å². The van der Waals surface area contributed by atoms with Crippen LogP contribution in [0, 0.1) is 0 Å². The quantitative estimate of drug-likeness (QED) is 0.250. The SMILES string of the molecule is C=CCSc1nc(SCC=C)c2cnc(N3CCc4ccccc43)nc2n1. The van der Waals surface area contributed by atoms with Crippen molar-refractivity contribution < 1.29 is 0 Å². The summed E-state index contributed by atoms with van der Waals surface area (Å²) in [5, 5.41) is 2.47. The molecule has 0 N–H and O–H groups in total. The first-order valence-corrected chi connectivity index (χ1v) is 10.6. The topological polar surface area (TPSA) is 54.8 Å². The molecule has 0 bridgehead atoms. The molecule has 1 aromatic carbocycles. The second-order valence-electron chi connectivity index (χ2n) is 5.95. The fourth-order valence-electron chi connectivity index (χ4n) is 2.98. The molecular weight excluding hydrogens is 374 g/mol. The van der Waals surface area contributed by atoms with Crippen LogP contribution >= 0.6 is 23.5 Å². The largest absolute Gasteiger partial charge is 0.310 e. The molecular formula is C20H19N5S2. The van der Waals surface area contributed by atoms with E-state index in [1.165, 1.54) is 11.3 Å². The average Bonchev–Trinajstić information content (AvgIpc) is 3.14. The zero-order valence-electron chi connectivity index (χ0n) is 14.8. The highest BCUT2D eigenvalue weighted by molar-refractivity contribution is 8.00. The Labute approximate surface area is 167 Å². The molecule has 0 amide bonds. The number of para-hydroxylation sites is 1. The minimum Gasteiger partial charge on any atom is -0.310 e. The van der Waals surface area contributed by atoms with Crippen molar-refractivity contribution in [2.24, 2.45) is 0 Å². The third-order valence-corrected chi connectivity index (χ3v) is 6.01. The van der Waals surface area contributed by atoms with Crippen molar-refractivity contribution in [3.63, 3.8) is 0 Å². The van der Waals surface area contributed by atoms with Gasteiger partial charge in [0.1, 0.15) is 5.03 Å². The highest BCUT2D eigenvalue weighted by atomic mass is 32.2. The van der Waals surface area contributed by atoms with E-state index in [2.05, 4.69) is 57.3 Å². The summed E-state index contributed by atoms with van der Waals surface area (Å²) in [4.78, 5) is 20.9. The summed E-state index contributed by atoms with van der Waals surface area (Å²) < 4.78 is 0. The maximum absolute atomic E-state index is 4.78. The maximum atomic E-state index is 4.78. The molecule has 3 heterocycles. The van der Waals surface area contributed by atoms with E-state index in [0.717, 1.165) is 34.9 Å². The van der Waals surface area contributed by atoms with Crippen molar-refractivity contribution in [2.45, 2.75) is 16.6 Å². The predicted octanol–water partition coefficient (Wildman–Crippen LogP) is 4.67. The van der Waals surface area contributed by atoms with Gasteiger partial charge in [0, 0.05) is 29.9 Å². The van der Waals surface area contributed by atoms with E-state index in [4.69, 9.17) is 4.98 Å². The molecule has 136 valence electrons.